The van der Waals surface area contributed by atoms with Gasteiger partial charge in [0.1, 0.15) is 23.3 Å². The lowest BCUT2D eigenvalue weighted by molar-refractivity contribution is -0.385. The van der Waals surface area contributed by atoms with Crippen molar-refractivity contribution < 1.29 is 18.6 Å². The first-order valence-corrected chi connectivity index (χ1v) is 17.8. The van der Waals surface area contributed by atoms with E-state index in [9.17, 15) is 29.0 Å². The van der Waals surface area contributed by atoms with Crippen LogP contribution in [0.2, 0.25) is 0 Å². The van der Waals surface area contributed by atoms with Crippen LogP contribution in [0.3, 0.4) is 0 Å². The highest BCUT2D eigenvalue weighted by Crippen LogP contribution is 2.29. The predicted molar refractivity (Wildman–Crippen MR) is 189 cm³/mol. The minimum atomic E-state index is -0.442. The molecular formula is C35H30F2N8O4S2. The van der Waals surface area contributed by atoms with Crippen LogP contribution in [0, 0.1) is 31.9 Å². The zero-order valence-electron chi connectivity index (χ0n) is 27.0. The van der Waals surface area contributed by atoms with Crippen molar-refractivity contribution in [3.63, 3.8) is 0 Å². The molecule has 0 saturated heterocycles. The number of halogens is 2. The first kappa shape index (κ1) is 35.3. The van der Waals surface area contributed by atoms with E-state index in [0.29, 0.717) is 57.7 Å². The Bertz CT molecular complexity index is 1990. The maximum absolute atomic E-state index is 14.3. The number of nitro benzene ring substituents is 2. The maximum atomic E-state index is 14.3. The number of nitro groups is 2. The summed E-state index contributed by atoms with van der Waals surface area (Å²) in [5, 5.41) is 40.8. The first-order chi connectivity index (χ1) is 24.7. The van der Waals surface area contributed by atoms with Gasteiger partial charge >= 0.3 is 0 Å². The molecule has 0 atom stereocenters. The summed E-state index contributed by atoms with van der Waals surface area (Å²) in [4.78, 5) is 21.1. The minimum Gasteiger partial charge on any atom is -0.274 e. The number of nitrogens with zero attached hydrogens (tertiary/aromatic N) is 8. The van der Waals surface area contributed by atoms with E-state index in [1.807, 2.05) is 9.13 Å². The average molecular weight is 729 g/mol. The molecule has 0 amide bonds. The van der Waals surface area contributed by atoms with Crippen LogP contribution in [-0.4, -0.2) is 39.4 Å². The van der Waals surface area contributed by atoms with Crippen molar-refractivity contribution in [2.24, 2.45) is 0 Å². The number of unbranched alkanes of at least 4 members (excludes halogenated alkanes) is 2. The third kappa shape index (κ3) is 9.01. The summed E-state index contributed by atoms with van der Waals surface area (Å²) in [6, 6.07) is 25.1. The molecule has 0 spiro atoms. The van der Waals surface area contributed by atoms with E-state index in [1.165, 1.54) is 72.1 Å². The highest BCUT2D eigenvalue weighted by molar-refractivity contribution is 7.98. The van der Waals surface area contributed by atoms with E-state index >= 15 is 0 Å². The van der Waals surface area contributed by atoms with Crippen LogP contribution in [0.15, 0.2) is 107 Å². The van der Waals surface area contributed by atoms with Gasteiger partial charge in [0.2, 0.25) is 0 Å². The van der Waals surface area contributed by atoms with Gasteiger partial charge in [0.15, 0.2) is 10.3 Å². The number of aromatic nitrogens is 6. The quantitative estimate of drug-likeness (QED) is 0.0411. The van der Waals surface area contributed by atoms with Crippen LogP contribution in [0.25, 0.3) is 11.4 Å². The van der Waals surface area contributed by atoms with Gasteiger partial charge in [0.05, 0.1) is 21.2 Å². The van der Waals surface area contributed by atoms with Gasteiger partial charge in [0, 0.05) is 48.6 Å². The van der Waals surface area contributed by atoms with E-state index in [-0.39, 0.29) is 23.0 Å². The maximum Gasteiger partial charge on any atom is 0.269 e. The lowest BCUT2D eigenvalue weighted by atomic mass is 10.1. The standard InChI is InChI=1S/C35H30F2N8O4S2/c36-26-6-4-8-30(20-26)42-32(38-40-34(42)50-22-24-12-16-28(17-13-24)44(46)47)10-2-1-3-11-33-39-41-35(43(33)31-9-5-7-27(37)21-31)51-23-25-14-18-29(19-15-25)45(48)49/h4-9,12-21H,1-3,10-11,22-23H2. The number of rotatable bonds is 16. The Morgan fingerprint density at radius 3 is 1.35 bits per heavy atom. The Morgan fingerprint density at radius 2 is 0.980 bits per heavy atom. The molecule has 0 saturated carbocycles. The van der Waals surface area contributed by atoms with Crippen molar-refractivity contribution in [2.75, 3.05) is 0 Å². The molecule has 2 heterocycles. The molecule has 0 aliphatic carbocycles. The SMILES string of the molecule is O=[N+]([O-])c1ccc(CSc2nnc(CCCCCc3nnc(SCc4ccc([N+](=O)[O-])cc4)n3-c3cccc(F)c3)n2-c2cccc(F)c2)cc1. The Hall–Kier alpha value is -5.48. The zero-order valence-corrected chi connectivity index (χ0v) is 28.6. The minimum absolute atomic E-state index is 0.0159. The molecule has 51 heavy (non-hydrogen) atoms. The molecule has 4 aromatic carbocycles. The number of thioether (sulfide) groups is 2. The van der Waals surface area contributed by atoms with Gasteiger partial charge in [-0.1, -0.05) is 66.3 Å². The Morgan fingerprint density at radius 1 is 0.569 bits per heavy atom. The van der Waals surface area contributed by atoms with Gasteiger partial charge in [-0.05, 0) is 60.4 Å². The highest BCUT2D eigenvalue weighted by Gasteiger charge is 2.18. The monoisotopic (exact) mass is 728 g/mol. The average Bonchev–Trinajstić information content (AvgIpc) is 3.73. The summed E-state index contributed by atoms with van der Waals surface area (Å²) in [5.74, 6) is 1.58. The molecule has 0 bridgehead atoms. The van der Waals surface area contributed by atoms with Crippen LogP contribution in [0.5, 0.6) is 0 Å². The molecule has 16 heteroatoms. The fraction of sp³-hybridized carbons (Fsp3) is 0.200. The second kappa shape index (κ2) is 16.5. The highest BCUT2D eigenvalue weighted by atomic mass is 32.2. The number of hydrogen-bond acceptors (Lipinski definition) is 10. The van der Waals surface area contributed by atoms with Gasteiger partial charge in [-0.25, -0.2) is 8.78 Å². The second-order valence-corrected chi connectivity index (χ2v) is 13.3. The molecule has 6 rings (SSSR count). The molecule has 0 aliphatic rings. The van der Waals surface area contributed by atoms with Gasteiger partial charge in [-0.2, -0.15) is 0 Å². The number of non-ortho nitro benzene ring substituents is 2. The van der Waals surface area contributed by atoms with Crippen LogP contribution in [0.4, 0.5) is 20.2 Å². The number of hydrogen-bond donors (Lipinski definition) is 0. The summed E-state index contributed by atoms with van der Waals surface area (Å²) in [6.45, 7) is 0. The number of aryl methyl sites for hydroxylation is 2. The third-order valence-corrected chi connectivity index (χ3v) is 9.86. The third-order valence-electron chi connectivity index (χ3n) is 7.86. The van der Waals surface area contributed by atoms with Crippen molar-refractivity contribution >= 4 is 34.9 Å². The van der Waals surface area contributed by atoms with Gasteiger partial charge < -0.3 is 0 Å². The summed E-state index contributed by atoms with van der Waals surface area (Å²) in [7, 11) is 0. The topological polar surface area (TPSA) is 148 Å². The molecule has 0 radical (unpaired) electrons. The van der Waals surface area contributed by atoms with Crippen LogP contribution in [0.1, 0.15) is 42.0 Å². The molecule has 0 unspecified atom stereocenters. The molecule has 260 valence electrons. The molecule has 2 aromatic heterocycles. The predicted octanol–water partition coefficient (Wildman–Crippen LogP) is 8.48. The molecular weight excluding hydrogens is 699 g/mol. The van der Waals surface area contributed by atoms with Crippen molar-refractivity contribution in [2.45, 2.75) is 53.9 Å². The molecule has 12 nitrogen and oxygen atoms in total. The molecule has 6 aromatic rings. The van der Waals surface area contributed by atoms with E-state index in [4.69, 9.17) is 0 Å². The number of benzene rings is 4. The Kier molecular flexibility index (Phi) is 11.4. The van der Waals surface area contributed by atoms with Gasteiger partial charge in [-0.3, -0.25) is 29.4 Å². The fourth-order valence-corrected chi connectivity index (χ4v) is 7.18. The Labute approximate surface area is 299 Å². The second-order valence-electron chi connectivity index (χ2n) is 11.4. The van der Waals surface area contributed by atoms with Gasteiger partial charge in [-0.15, -0.1) is 20.4 Å². The normalized spacial score (nSPS) is 11.2. The van der Waals surface area contributed by atoms with Crippen molar-refractivity contribution in [1.82, 2.24) is 29.5 Å². The lowest BCUT2D eigenvalue weighted by Crippen LogP contribution is -2.05. The van der Waals surface area contributed by atoms with Crippen LogP contribution >= 0.6 is 23.5 Å². The van der Waals surface area contributed by atoms with E-state index < -0.39 is 9.85 Å². The fourth-order valence-electron chi connectivity index (χ4n) is 5.33. The molecule has 0 fully saturated rings. The Balaban J connectivity index is 1.11. The lowest BCUT2D eigenvalue weighted by Gasteiger charge is -2.11. The van der Waals surface area contributed by atoms with E-state index in [1.54, 1.807) is 48.5 Å². The smallest absolute Gasteiger partial charge is 0.269 e. The molecule has 0 N–H and O–H groups in total. The van der Waals surface area contributed by atoms with Gasteiger partial charge in [0.25, 0.3) is 11.4 Å². The summed E-state index contributed by atoms with van der Waals surface area (Å²) < 4.78 is 32.2. The molecule has 0 aliphatic heterocycles. The van der Waals surface area contributed by atoms with Crippen LogP contribution < -0.4 is 0 Å². The van der Waals surface area contributed by atoms with Crippen molar-refractivity contribution in [3.05, 3.63) is 152 Å². The largest absolute Gasteiger partial charge is 0.274 e. The van der Waals surface area contributed by atoms with Crippen molar-refractivity contribution in [3.8, 4) is 11.4 Å². The van der Waals surface area contributed by atoms with E-state index in [0.717, 1.165) is 30.4 Å². The summed E-state index contributed by atoms with van der Waals surface area (Å²) in [6.07, 6.45) is 3.48. The summed E-state index contributed by atoms with van der Waals surface area (Å²) in [5.41, 5.74) is 2.98. The van der Waals surface area contributed by atoms with Crippen LogP contribution in [-0.2, 0) is 24.3 Å². The van der Waals surface area contributed by atoms with Crippen molar-refractivity contribution in [1.29, 1.82) is 0 Å². The first-order valence-electron chi connectivity index (χ1n) is 15.9. The van der Waals surface area contributed by atoms with E-state index in [2.05, 4.69) is 20.4 Å². The summed E-state index contributed by atoms with van der Waals surface area (Å²) >= 11 is 2.81. The zero-order chi connectivity index (χ0) is 35.7.